The lowest BCUT2D eigenvalue weighted by Gasteiger charge is -2.21. The Kier molecular flexibility index (Phi) is 3.92. The highest BCUT2D eigenvalue weighted by Gasteiger charge is 2.25. The van der Waals surface area contributed by atoms with Crippen LogP contribution in [-0.4, -0.2) is 10.1 Å². The number of aliphatic hydroxyl groups is 1. The van der Waals surface area contributed by atoms with Crippen molar-refractivity contribution >= 4 is 5.57 Å². The first-order valence-corrected chi connectivity index (χ1v) is 6.55. The van der Waals surface area contributed by atoms with E-state index in [1.807, 2.05) is 0 Å². The molecule has 1 aromatic carbocycles. The van der Waals surface area contributed by atoms with E-state index >= 15 is 0 Å². The van der Waals surface area contributed by atoms with Crippen LogP contribution >= 0.6 is 0 Å². The third-order valence-electron chi connectivity index (χ3n) is 3.17. The van der Waals surface area contributed by atoms with E-state index in [9.17, 15) is 13.9 Å². The fourth-order valence-corrected chi connectivity index (χ4v) is 1.99. The van der Waals surface area contributed by atoms with Crippen LogP contribution in [0, 0.1) is 11.6 Å². The molecule has 21 heavy (non-hydrogen) atoms. The first-order chi connectivity index (χ1) is 9.70. The molecule has 0 radical (unpaired) electrons. The van der Waals surface area contributed by atoms with Crippen LogP contribution in [-0.2, 0) is 5.60 Å². The fourth-order valence-electron chi connectivity index (χ4n) is 1.99. The Morgan fingerprint density at radius 3 is 2.24 bits per heavy atom. The van der Waals surface area contributed by atoms with Crippen LogP contribution in [0.2, 0.25) is 0 Å². The van der Waals surface area contributed by atoms with E-state index in [0.717, 1.165) is 0 Å². The average molecular weight is 289 g/mol. The molecule has 1 aromatic heterocycles. The summed E-state index contributed by atoms with van der Waals surface area (Å²) in [5.41, 5.74) is 0.452. The summed E-state index contributed by atoms with van der Waals surface area (Å²) < 4.78 is 27.7. The standard InChI is InChI=1S/C17H17F2NO/c1-10(2)14-9-13(17(3,4)21)15(19)16(20-14)11-5-7-12(18)8-6-11/h5-9,21H,1H2,2-4H3. The highest BCUT2D eigenvalue weighted by Crippen LogP contribution is 2.31. The molecule has 1 N–H and O–H groups in total. The van der Waals surface area contributed by atoms with Gasteiger partial charge in [0.15, 0.2) is 5.82 Å². The zero-order chi connectivity index (χ0) is 15.8. The van der Waals surface area contributed by atoms with Gasteiger partial charge < -0.3 is 5.11 Å². The number of allylic oxidation sites excluding steroid dienone is 1. The fraction of sp³-hybridized carbons (Fsp3) is 0.235. The summed E-state index contributed by atoms with van der Waals surface area (Å²) in [6.07, 6.45) is 0. The smallest absolute Gasteiger partial charge is 0.155 e. The van der Waals surface area contributed by atoms with Crippen LogP contribution in [0.1, 0.15) is 32.0 Å². The van der Waals surface area contributed by atoms with Crippen molar-refractivity contribution in [3.63, 3.8) is 0 Å². The Morgan fingerprint density at radius 1 is 1.19 bits per heavy atom. The van der Waals surface area contributed by atoms with E-state index in [4.69, 9.17) is 0 Å². The molecule has 2 aromatic rings. The van der Waals surface area contributed by atoms with Crippen molar-refractivity contribution in [2.24, 2.45) is 0 Å². The minimum absolute atomic E-state index is 0.0765. The number of benzene rings is 1. The second kappa shape index (κ2) is 5.37. The van der Waals surface area contributed by atoms with Crippen molar-refractivity contribution in [1.82, 2.24) is 4.98 Å². The van der Waals surface area contributed by atoms with Crippen LogP contribution in [0.25, 0.3) is 16.8 Å². The van der Waals surface area contributed by atoms with Crippen molar-refractivity contribution < 1.29 is 13.9 Å². The molecule has 0 unspecified atom stereocenters. The second-order valence-corrected chi connectivity index (χ2v) is 5.56. The Labute approximate surface area is 122 Å². The molecule has 0 fully saturated rings. The van der Waals surface area contributed by atoms with Crippen molar-refractivity contribution in [3.8, 4) is 11.3 Å². The van der Waals surface area contributed by atoms with Gasteiger partial charge in [-0.15, -0.1) is 0 Å². The molecule has 0 saturated heterocycles. The monoisotopic (exact) mass is 289 g/mol. The summed E-state index contributed by atoms with van der Waals surface area (Å²) in [6, 6.07) is 6.89. The maximum atomic E-state index is 14.7. The molecule has 0 aliphatic heterocycles. The topological polar surface area (TPSA) is 33.1 Å². The molecule has 2 rings (SSSR count). The Balaban J connectivity index is 2.73. The first kappa shape index (κ1) is 15.3. The largest absolute Gasteiger partial charge is 0.386 e. The lowest BCUT2D eigenvalue weighted by atomic mass is 9.94. The summed E-state index contributed by atoms with van der Waals surface area (Å²) >= 11 is 0. The van der Waals surface area contributed by atoms with Gasteiger partial charge in [-0.2, -0.15) is 0 Å². The van der Waals surface area contributed by atoms with E-state index in [1.54, 1.807) is 6.92 Å². The van der Waals surface area contributed by atoms with Crippen molar-refractivity contribution in [2.75, 3.05) is 0 Å². The molecule has 0 amide bonds. The zero-order valence-electron chi connectivity index (χ0n) is 12.2. The molecule has 1 heterocycles. The van der Waals surface area contributed by atoms with Gasteiger partial charge in [-0.1, -0.05) is 6.58 Å². The first-order valence-electron chi connectivity index (χ1n) is 6.55. The number of pyridine rings is 1. The van der Waals surface area contributed by atoms with Crippen LogP contribution in [0.4, 0.5) is 8.78 Å². The molecule has 0 aliphatic rings. The van der Waals surface area contributed by atoms with Gasteiger partial charge in [-0.05, 0) is 56.7 Å². The molecule has 0 saturated carbocycles. The third-order valence-corrected chi connectivity index (χ3v) is 3.17. The SMILES string of the molecule is C=C(C)c1cc(C(C)(C)O)c(F)c(-c2ccc(F)cc2)n1. The van der Waals surface area contributed by atoms with Gasteiger partial charge in [0.1, 0.15) is 11.5 Å². The minimum atomic E-state index is -1.36. The van der Waals surface area contributed by atoms with Crippen LogP contribution < -0.4 is 0 Å². The summed E-state index contributed by atoms with van der Waals surface area (Å²) in [6.45, 7) is 8.56. The number of hydrogen-bond donors (Lipinski definition) is 1. The van der Waals surface area contributed by atoms with Crippen LogP contribution in [0.15, 0.2) is 36.9 Å². The van der Waals surface area contributed by atoms with Gasteiger partial charge in [0, 0.05) is 11.1 Å². The van der Waals surface area contributed by atoms with E-state index in [1.165, 1.54) is 44.2 Å². The number of aromatic nitrogens is 1. The average Bonchev–Trinajstić information content (AvgIpc) is 2.38. The molecule has 0 aliphatic carbocycles. The molecular formula is C17H17F2NO. The number of nitrogens with zero attached hydrogens (tertiary/aromatic N) is 1. The highest BCUT2D eigenvalue weighted by molar-refractivity contribution is 5.67. The minimum Gasteiger partial charge on any atom is -0.386 e. The molecular weight excluding hydrogens is 272 g/mol. The Hall–Kier alpha value is -2.07. The maximum Gasteiger partial charge on any atom is 0.155 e. The van der Waals surface area contributed by atoms with Gasteiger partial charge >= 0.3 is 0 Å². The normalized spacial score (nSPS) is 11.5. The van der Waals surface area contributed by atoms with Gasteiger partial charge in [0.2, 0.25) is 0 Å². The number of halogens is 2. The van der Waals surface area contributed by atoms with Crippen molar-refractivity contribution in [1.29, 1.82) is 0 Å². The van der Waals surface area contributed by atoms with Crippen molar-refractivity contribution in [3.05, 3.63) is 59.8 Å². The van der Waals surface area contributed by atoms with E-state index in [0.29, 0.717) is 16.8 Å². The predicted molar refractivity (Wildman–Crippen MR) is 79.5 cm³/mol. The molecule has 0 bridgehead atoms. The van der Waals surface area contributed by atoms with E-state index < -0.39 is 17.2 Å². The predicted octanol–water partition coefficient (Wildman–Crippen LogP) is 4.29. The van der Waals surface area contributed by atoms with E-state index in [2.05, 4.69) is 11.6 Å². The maximum absolute atomic E-state index is 14.7. The van der Waals surface area contributed by atoms with Crippen LogP contribution in [0.3, 0.4) is 0 Å². The lowest BCUT2D eigenvalue weighted by molar-refractivity contribution is 0.0745. The summed E-state index contributed by atoms with van der Waals surface area (Å²) in [4.78, 5) is 4.24. The van der Waals surface area contributed by atoms with Gasteiger partial charge in [-0.25, -0.2) is 13.8 Å². The molecule has 4 heteroatoms. The highest BCUT2D eigenvalue weighted by atomic mass is 19.1. The van der Waals surface area contributed by atoms with E-state index in [-0.39, 0.29) is 11.3 Å². The summed E-state index contributed by atoms with van der Waals surface area (Å²) in [5, 5.41) is 10.1. The molecule has 2 nitrogen and oxygen atoms in total. The third kappa shape index (κ3) is 3.16. The summed E-state index contributed by atoms with van der Waals surface area (Å²) in [7, 11) is 0. The number of hydrogen-bond acceptors (Lipinski definition) is 2. The zero-order valence-corrected chi connectivity index (χ0v) is 12.2. The van der Waals surface area contributed by atoms with Crippen molar-refractivity contribution in [2.45, 2.75) is 26.4 Å². The molecule has 0 atom stereocenters. The summed E-state index contributed by atoms with van der Waals surface area (Å²) in [5.74, 6) is -1.02. The Morgan fingerprint density at radius 2 is 1.76 bits per heavy atom. The van der Waals surface area contributed by atoms with Gasteiger partial charge in [0.25, 0.3) is 0 Å². The molecule has 110 valence electrons. The second-order valence-electron chi connectivity index (χ2n) is 5.56. The van der Waals surface area contributed by atoms with Gasteiger partial charge in [-0.3, -0.25) is 0 Å². The number of rotatable bonds is 3. The molecule has 0 spiro atoms. The Bertz CT molecular complexity index is 685. The lowest BCUT2D eigenvalue weighted by Crippen LogP contribution is -2.19. The van der Waals surface area contributed by atoms with Crippen LogP contribution in [0.5, 0.6) is 0 Å². The quantitative estimate of drug-likeness (QED) is 0.914. The van der Waals surface area contributed by atoms with Gasteiger partial charge in [0.05, 0.1) is 11.3 Å².